The summed E-state index contributed by atoms with van der Waals surface area (Å²) in [6.45, 7) is 3.67. The molecule has 0 bridgehead atoms. The number of benzene rings is 1. The third-order valence-corrected chi connectivity index (χ3v) is 3.46. The van der Waals surface area contributed by atoms with E-state index in [-0.39, 0.29) is 6.42 Å². The number of hydrogen-bond acceptors (Lipinski definition) is 3. The highest BCUT2D eigenvalue weighted by atomic mass is 16.4. The van der Waals surface area contributed by atoms with E-state index in [1.165, 1.54) is 5.56 Å². The molecule has 0 unspecified atom stereocenters. The van der Waals surface area contributed by atoms with Crippen LogP contribution < -0.4 is 0 Å². The Balaban J connectivity index is 2.22. The fraction of sp³-hybridized carbons (Fsp3) is 0.500. The van der Waals surface area contributed by atoms with Crippen LogP contribution in [0.15, 0.2) is 18.2 Å². The number of nitrogens with zero attached hydrogens (tertiary/aromatic N) is 3. The first-order valence-corrected chi connectivity index (χ1v) is 7.29. The molecule has 1 N–H and O–H groups in total. The van der Waals surface area contributed by atoms with Crippen molar-refractivity contribution >= 4 is 17.0 Å². The Hall–Kier alpha value is -1.88. The van der Waals surface area contributed by atoms with Crippen molar-refractivity contribution in [2.45, 2.75) is 39.3 Å². The van der Waals surface area contributed by atoms with E-state index in [0.717, 1.165) is 36.4 Å². The first-order chi connectivity index (χ1) is 9.97. The van der Waals surface area contributed by atoms with Gasteiger partial charge in [-0.25, -0.2) is 4.98 Å². The SMILES string of the molecule is Cc1ccc2c(c1)nc(CN(C)C)n2CCCCC(=O)O. The van der Waals surface area contributed by atoms with Crippen molar-refractivity contribution in [1.29, 1.82) is 0 Å². The van der Waals surface area contributed by atoms with Gasteiger partial charge in [0.15, 0.2) is 0 Å². The van der Waals surface area contributed by atoms with Crippen molar-refractivity contribution < 1.29 is 9.90 Å². The summed E-state index contributed by atoms with van der Waals surface area (Å²) in [6, 6.07) is 6.30. The van der Waals surface area contributed by atoms with E-state index in [1.54, 1.807) is 0 Å². The van der Waals surface area contributed by atoms with Gasteiger partial charge in [-0.1, -0.05) is 6.07 Å². The number of fused-ring (bicyclic) bond motifs is 1. The highest BCUT2D eigenvalue weighted by molar-refractivity contribution is 5.76. The fourth-order valence-electron chi connectivity index (χ4n) is 2.49. The minimum Gasteiger partial charge on any atom is -0.481 e. The zero-order chi connectivity index (χ0) is 15.4. The van der Waals surface area contributed by atoms with Crippen LogP contribution in [-0.4, -0.2) is 39.6 Å². The Morgan fingerprint density at radius 2 is 2.10 bits per heavy atom. The molecule has 0 atom stereocenters. The molecule has 0 spiro atoms. The highest BCUT2D eigenvalue weighted by Gasteiger charge is 2.11. The third kappa shape index (κ3) is 4.04. The molecule has 0 amide bonds. The largest absolute Gasteiger partial charge is 0.481 e. The fourth-order valence-corrected chi connectivity index (χ4v) is 2.49. The van der Waals surface area contributed by atoms with Crippen molar-refractivity contribution in [3.63, 3.8) is 0 Å². The molecule has 5 nitrogen and oxygen atoms in total. The topological polar surface area (TPSA) is 58.4 Å². The van der Waals surface area contributed by atoms with Crippen molar-refractivity contribution in [1.82, 2.24) is 14.5 Å². The molecule has 5 heteroatoms. The van der Waals surface area contributed by atoms with Crippen molar-refractivity contribution in [3.8, 4) is 0 Å². The summed E-state index contributed by atoms with van der Waals surface area (Å²) >= 11 is 0. The maximum absolute atomic E-state index is 10.6. The molecule has 1 heterocycles. The van der Waals surface area contributed by atoms with Gasteiger partial charge in [-0.3, -0.25) is 4.79 Å². The Morgan fingerprint density at radius 1 is 1.33 bits per heavy atom. The lowest BCUT2D eigenvalue weighted by Gasteiger charge is -2.12. The van der Waals surface area contributed by atoms with Crippen molar-refractivity contribution in [2.75, 3.05) is 14.1 Å². The van der Waals surface area contributed by atoms with E-state index >= 15 is 0 Å². The van der Waals surface area contributed by atoms with Gasteiger partial charge in [-0.05, 0) is 51.6 Å². The molecular formula is C16H23N3O2. The molecule has 1 aromatic heterocycles. The molecule has 0 aliphatic rings. The minimum atomic E-state index is -0.727. The summed E-state index contributed by atoms with van der Waals surface area (Å²) in [5, 5.41) is 8.72. The number of carboxylic acids is 1. The van der Waals surface area contributed by atoms with E-state index < -0.39 is 5.97 Å². The Labute approximate surface area is 125 Å². The number of aromatic nitrogens is 2. The van der Waals surface area contributed by atoms with Gasteiger partial charge in [-0.15, -0.1) is 0 Å². The first-order valence-electron chi connectivity index (χ1n) is 7.29. The second-order valence-corrected chi connectivity index (χ2v) is 5.76. The van der Waals surface area contributed by atoms with E-state index in [2.05, 4.69) is 34.6 Å². The van der Waals surface area contributed by atoms with Gasteiger partial charge in [0.2, 0.25) is 0 Å². The van der Waals surface area contributed by atoms with Gasteiger partial charge >= 0.3 is 5.97 Å². The number of hydrogen-bond donors (Lipinski definition) is 1. The van der Waals surface area contributed by atoms with Gasteiger partial charge in [0.25, 0.3) is 0 Å². The lowest BCUT2D eigenvalue weighted by Crippen LogP contribution is -2.15. The highest BCUT2D eigenvalue weighted by Crippen LogP contribution is 2.19. The Bertz CT molecular complexity index is 632. The third-order valence-electron chi connectivity index (χ3n) is 3.46. The molecule has 114 valence electrons. The van der Waals surface area contributed by atoms with Crippen LogP contribution >= 0.6 is 0 Å². The van der Waals surface area contributed by atoms with Gasteiger partial charge in [-0.2, -0.15) is 0 Å². The second-order valence-electron chi connectivity index (χ2n) is 5.76. The Kier molecular flexibility index (Phi) is 4.96. The van der Waals surface area contributed by atoms with E-state index in [4.69, 9.17) is 10.1 Å². The zero-order valence-corrected chi connectivity index (χ0v) is 13.0. The summed E-state index contributed by atoms with van der Waals surface area (Å²) in [5.74, 6) is 0.311. The maximum Gasteiger partial charge on any atom is 0.303 e. The lowest BCUT2D eigenvalue weighted by atomic mass is 10.2. The zero-order valence-electron chi connectivity index (χ0n) is 13.0. The molecule has 2 rings (SSSR count). The van der Waals surface area contributed by atoms with E-state index in [9.17, 15) is 4.79 Å². The molecule has 21 heavy (non-hydrogen) atoms. The molecular weight excluding hydrogens is 266 g/mol. The molecule has 0 radical (unpaired) electrons. The van der Waals surface area contributed by atoms with Gasteiger partial charge in [0.1, 0.15) is 5.82 Å². The minimum absolute atomic E-state index is 0.231. The number of carbonyl (C=O) groups is 1. The Morgan fingerprint density at radius 3 is 2.76 bits per heavy atom. The monoisotopic (exact) mass is 289 g/mol. The standard InChI is InChI=1S/C16H23N3O2/c1-12-7-8-14-13(10-12)17-15(11-18(2)3)19(14)9-5-4-6-16(20)21/h7-8,10H,4-6,9,11H2,1-3H3,(H,20,21). The van der Waals surface area contributed by atoms with Crippen LogP contribution in [0.25, 0.3) is 11.0 Å². The summed E-state index contributed by atoms with van der Waals surface area (Å²) in [4.78, 5) is 17.4. The lowest BCUT2D eigenvalue weighted by molar-refractivity contribution is -0.137. The molecule has 1 aromatic carbocycles. The number of imidazole rings is 1. The molecule has 2 aromatic rings. The van der Waals surface area contributed by atoms with Gasteiger partial charge in [0.05, 0.1) is 17.6 Å². The van der Waals surface area contributed by atoms with E-state index in [1.807, 2.05) is 14.1 Å². The van der Waals surface area contributed by atoms with Crippen molar-refractivity contribution in [3.05, 3.63) is 29.6 Å². The first kappa shape index (κ1) is 15.5. The van der Waals surface area contributed by atoms with Crippen LogP contribution in [0.1, 0.15) is 30.7 Å². The molecule has 0 saturated carbocycles. The summed E-state index contributed by atoms with van der Waals surface area (Å²) < 4.78 is 2.22. The van der Waals surface area contributed by atoms with Crippen LogP contribution in [0.3, 0.4) is 0 Å². The summed E-state index contributed by atoms with van der Waals surface area (Å²) in [6.07, 6.45) is 1.78. The molecule has 0 aliphatic carbocycles. The van der Waals surface area contributed by atoms with Gasteiger partial charge < -0.3 is 14.6 Å². The second kappa shape index (κ2) is 6.72. The normalized spacial score (nSPS) is 11.4. The predicted octanol–water partition coefficient (Wildman–Crippen LogP) is 2.66. The van der Waals surface area contributed by atoms with Crippen LogP contribution in [0, 0.1) is 6.92 Å². The van der Waals surface area contributed by atoms with Crippen LogP contribution in [0.4, 0.5) is 0 Å². The number of carboxylic acid groups (broad SMARTS) is 1. The van der Waals surface area contributed by atoms with Crippen LogP contribution in [0.2, 0.25) is 0 Å². The number of unbranched alkanes of at least 4 members (excludes halogenated alkanes) is 1. The van der Waals surface area contributed by atoms with E-state index in [0.29, 0.717) is 6.42 Å². The average Bonchev–Trinajstić information content (AvgIpc) is 2.70. The predicted molar refractivity (Wildman–Crippen MR) is 83.3 cm³/mol. The summed E-state index contributed by atoms with van der Waals surface area (Å²) in [7, 11) is 4.05. The van der Waals surface area contributed by atoms with Crippen LogP contribution in [0.5, 0.6) is 0 Å². The molecule has 0 aliphatic heterocycles. The molecule has 0 saturated heterocycles. The smallest absolute Gasteiger partial charge is 0.303 e. The number of rotatable bonds is 7. The maximum atomic E-state index is 10.6. The number of aryl methyl sites for hydroxylation is 2. The quantitative estimate of drug-likeness (QED) is 0.796. The van der Waals surface area contributed by atoms with Crippen molar-refractivity contribution in [2.24, 2.45) is 0 Å². The summed E-state index contributed by atoms with van der Waals surface area (Å²) in [5.41, 5.74) is 3.35. The van der Waals surface area contributed by atoms with Crippen LogP contribution in [-0.2, 0) is 17.9 Å². The van der Waals surface area contributed by atoms with Gasteiger partial charge in [0, 0.05) is 13.0 Å². The number of aliphatic carboxylic acids is 1. The average molecular weight is 289 g/mol. The molecule has 0 fully saturated rings.